The van der Waals surface area contributed by atoms with E-state index in [0.717, 1.165) is 44.4 Å². The summed E-state index contributed by atoms with van der Waals surface area (Å²) in [5.74, 6) is 0.876. The molecule has 1 fully saturated rings. The Bertz CT molecular complexity index is 489. The van der Waals surface area contributed by atoms with Crippen molar-refractivity contribution in [3.8, 4) is 0 Å². The average molecular weight is 449 g/mol. The molecule has 1 aliphatic rings. The number of nitrogens with zero attached hydrogens (tertiary/aromatic N) is 5. The van der Waals surface area contributed by atoms with E-state index in [1.54, 1.807) is 0 Å². The van der Waals surface area contributed by atoms with Gasteiger partial charge in [0.2, 0.25) is 0 Å². The SMILES string of the molecule is CCNC(=NCc1ccnn1C)NCCN1CCCN(C)CC1.I. The van der Waals surface area contributed by atoms with Gasteiger partial charge in [-0.05, 0) is 39.5 Å². The van der Waals surface area contributed by atoms with Gasteiger partial charge in [-0.2, -0.15) is 5.10 Å². The molecule has 0 radical (unpaired) electrons. The van der Waals surface area contributed by atoms with E-state index in [-0.39, 0.29) is 24.0 Å². The Kier molecular flexibility index (Phi) is 10.3. The molecular weight excluding hydrogens is 417 g/mol. The molecule has 1 aromatic heterocycles. The number of hydrogen-bond donors (Lipinski definition) is 2. The van der Waals surface area contributed by atoms with E-state index in [1.165, 1.54) is 19.5 Å². The van der Waals surface area contributed by atoms with Crippen LogP contribution < -0.4 is 10.6 Å². The molecule has 0 atom stereocenters. The van der Waals surface area contributed by atoms with E-state index in [2.05, 4.69) is 44.5 Å². The normalized spacial score (nSPS) is 17.2. The number of aliphatic imine (C=N–C) groups is 1. The maximum atomic E-state index is 4.64. The molecule has 138 valence electrons. The molecule has 8 heteroatoms. The van der Waals surface area contributed by atoms with E-state index >= 15 is 0 Å². The molecular formula is C16H32IN7. The second kappa shape index (κ2) is 11.6. The number of guanidine groups is 1. The molecule has 0 spiro atoms. The van der Waals surface area contributed by atoms with Gasteiger partial charge in [-0.1, -0.05) is 0 Å². The van der Waals surface area contributed by atoms with Crippen LogP contribution in [0.5, 0.6) is 0 Å². The highest BCUT2D eigenvalue weighted by atomic mass is 127. The summed E-state index contributed by atoms with van der Waals surface area (Å²) >= 11 is 0. The zero-order chi connectivity index (χ0) is 16.5. The summed E-state index contributed by atoms with van der Waals surface area (Å²) in [6.07, 6.45) is 3.06. The van der Waals surface area contributed by atoms with E-state index in [9.17, 15) is 0 Å². The van der Waals surface area contributed by atoms with Crippen LogP contribution in [0.3, 0.4) is 0 Å². The molecule has 0 bridgehead atoms. The number of rotatable bonds is 6. The first-order valence-electron chi connectivity index (χ1n) is 8.59. The van der Waals surface area contributed by atoms with E-state index in [1.807, 2.05) is 24.0 Å². The number of hydrogen-bond acceptors (Lipinski definition) is 4. The lowest BCUT2D eigenvalue weighted by atomic mass is 10.4. The van der Waals surface area contributed by atoms with Crippen molar-refractivity contribution in [2.75, 3.05) is 52.9 Å². The smallest absolute Gasteiger partial charge is 0.191 e. The Morgan fingerprint density at radius 2 is 2.04 bits per heavy atom. The number of halogens is 1. The van der Waals surface area contributed by atoms with Crippen LogP contribution in [0.4, 0.5) is 0 Å². The van der Waals surface area contributed by atoms with Gasteiger partial charge in [0, 0.05) is 46.0 Å². The Morgan fingerprint density at radius 1 is 1.21 bits per heavy atom. The summed E-state index contributed by atoms with van der Waals surface area (Å²) in [7, 11) is 4.15. The van der Waals surface area contributed by atoms with Crippen molar-refractivity contribution in [1.82, 2.24) is 30.2 Å². The van der Waals surface area contributed by atoms with Crippen LogP contribution >= 0.6 is 24.0 Å². The molecule has 0 unspecified atom stereocenters. The van der Waals surface area contributed by atoms with Crippen LogP contribution in [0.1, 0.15) is 19.0 Å². The first-order valence-corrected chi connectivity index (χ1v) is 8.59. The molecule has 1 aromatic rings. The minimum absolute atomic E-state index is 0. The molecule has 0 aromatic carbocycles. The molecule has 7 nitrogen and oxygen atoms in total. The van der Waals surface area contributed by atoms with Crippen molar-refractivity contribution in [3.63, 3.8) is 0 Å². The number of aryl methyl sites for hydroxylation is 1. The minimum atomic E-state index is 0. The quantitative estimate of drug-likeness (QED) is 0.381. The van der Waals surface area contributed by atoms with Gasteiger partial charge in [-0.15, -0.1) is 24.0 Å². The monoisotopic (exact) mass is 449 g/mol. The van der Waals surface area contributed by atoms with Gasteiger partial charge in [-0.25, -0.2) is 4.99 Å². The molecule has 2 N–H and O–H groups in total. The van der Waals surface area contributed by atoms with Gasteiger partial charge in [-0.3, -0.25) is 4.68 Å². The van der Waals surface area contributed by atoms with Crippen LogP contribution in [0, 0.1) is 0 Å². The van der Waals surface area contributed by atoms with Gasteiger partial charge >= 0.3 is 0 Å². The Balaban J connectivity index is 0.00000288. The molecule has 0 aliphatic carbocycles. The van der Waals surface area contributed by atoms with Crippen molar-refractivity contribution in [2.45, 2.75) is 19.9 Å². The third-order valence-electron chi connectivity index (χ3n) is 4.20. The highest BCUT2D eigenvalue weighted by Crippen LogP contribution is 2.00. The second-order valence-electron chi connectivity index (χ2n) is 6.07. The third-order valence-corrected chi connectivity index (χ3v) is 4.20. The maximum absolute atomic E-state index is 4.64. The molecule has 24 heavy (non-hydrogen) atoms. The lowest BCUT2D eigenvalue weighted by Crippen LogP contribution is -2.42. The summed E-state index contributed by atoms with van der Waals surface area (Å²) < 4.78 is 1.86. The highest BCUT2D eigenvalue weighted by Gasteiger charge is 2.11. The summed E-state index contributed by atoms with van der Waals surface area (Å²) in [5.41, 5.74) is 1.11. The fourth-order valence-electron chi connectivity index (χ4n) is 2.71. The Hall–Kier alpha value is -0.870. The number of likely N-dealkylation sites (N-methyl/N-ethyl adjacent to an activating group) is 1. The average Bonchev–Trinajstić information content (AvgIpc) is 2.83. The molecule has 2 rings (SSSR count). The predicted molar refractivity (Wildman–Crippen MR) is 110 cm³/mol. The summed E-state index contributed by atoms with van der Waals surface area (Å²) in [5, 5.41) is 10.9. The summed E-state index contributed by atoms with van der Waals surface area (Å²) in [6.45, 7) is 10.3. The van der Waals surface area contributed by atoms with Gasteiger partial charge < -0.3 is 20.4 Å². The van der Waals surface area contributed by atoms with Crippen molar-refractivity contribution in [3.05, 3.63) is 18.0 Å². The van der Waals surface area contributed by atoms with E-state index in [0.29, 0.717) is 6.54 Å². The third kappa shape index (κ3) is 7.35. The lowest BCUT2D eigenvalue weighted by molar-refractivity contribution is 0.280. The Labute approximate surface area is 162 Å². The van der Waals surface area contributed by atoms with Gasteiger partial charge in [0.15, 0.2) is 5.96 Å². The molecule has 0 saturated carbocycles. The molecule has 1 saturated heterocycles. The maximum Gasteiger partial charge on any atom is 0.191 e. The topological polar surface area (TPSA) is 60.7 Å². The first-order chi connectivity index (χ1) is 11.2. The standard InChI is InChI=1S/C16H31N7.HI/c1-4-17-16(19-14-15-6-7-20-22(15)3)18-8-11-23-10-5-9-21(2)12-13-23;/h6-7H,4-5,8-14H2,1-3H3,(H2,17,18,19);1H. The number of nitrogens with one attached hydrogen (secondary N) is 2. The van der Waals surface area contributed by atoms with Crippen molar-refractivity contribution >= 4 is 29.9 Å². The van der Waals surface area contributed by atoms with Gasteiger partial charge in [0.25, 0.3) is 0 Å². The van der Waals surface area contributed by atoms with Crippen LogP contribution in [-0.4, -0.2) is 78.4 Å². The summed E-state index contributed by atoms with van der Waals surface area (Å²) in [4.78, 5) is 9.58. The van der Waals surface area contributed by atoms with Gasteiger partial charge in [0.05, 0.1) is 12.2 Å². The highest BCUT2D eigenvalue weighted by molar-refractivity contribution is 14.0. The van der Waals surface area contributed by atoms with Crippen molar-refractivity contribution in [1.29, 1.82) is 0 Å². The van der Waals surface area contributed by atoms with Crippen LogP contribution in [0.15, 0.2) is 17.3 Å². The fourth-order valence-corrected chi connectivity index (χ4v) is 2.71. The second-order valence-corrected chi connectivity index (χ2v) is 6.07. The van der Waals surface area contributed by atoms with Gasteiger partial charge in [0.1, 0.15) is 0 Å². The van der Waals surface area contributed by atoms with Crippen LogP contribution in [0.25, 0.3) is 0 Å². The largest absolute Gasteiger partial charge is 0.357 e. The minimum Gasteiger partial charge on any atom is -0.357 e. The molecule has 0 amide bonds. The van der Waals surface area contributed by atoms with Crippen molar-refractivity contribution in [2.24, 2.45) is 12.0 Å². The van der Waals surface area contributed by atoms with Crippen molar-refractivity contribution < 1.29 is 0 Å². The number of aromatic nitrogens is 2. The Morgan fingerprint density at radius 3 is 2.75 bits per heavy atom. The molecule has 1 aliphatic heterocycles. The molecule has 2 heterocycles. The van der Waals surface area contributed by atoms with E-state index < -0.39 is 0 Å². The zero-order valence-corrected chi connectivity index (χ0v) is 17.5. The lowest BCUT2D eigenvalue weighted by Gasteiger charge is -2.21. The fraction of sp³-hybridized carbons (Fsp3) is 0.750. The predicted octanol–water partition coefficient (Wildman–Crippen LogP) is 0.731. The van der Waals surface area contributed by atoms with Crippen LogP contribution in [-0.2, 0) is 13.6 Å². The first kappa shape index (κ1) is 21.2. The summed E-state index contributed by atoms with van der Waals surface area (Å²) in [6, 6.07) is 2.00. The zero-order valence-electron chi connectivity index (χ0n) is 15.2. The van der Waals surface area contributed by atoms with Crippen LogP contribution in [0.2, 0.25) is 0 Å². The van der Waals surface area contributed by atoms with E-state index in [4.69, 9.17) is 0 Å².